The van der Waals surface area contributed by atoms with Gasteiger partial charge in [-0.3, -0.25) is 0 Å². The molecule has 0 aliphatic carbocycles. The van der Waals surface area contributed by atoms with Gasteiger partial charge in [0.1, 0.15) is 0 Å². The minimum atomic E-state index is -0.117. The maximum atomic E-state index is 12.8. The summed E-state index contributed by atoms with van der Waals surface area (Å²) < 4.78 is 0.711. The number of thiophene rings is 1. The number of likely N-dealkylation sites (N-methyl/N-ethyl adjacent to an activating group) is 1. The van der Waals surface area contributed by atoms with Crippen LogP contribution in [0.5, 0.6) is 0 Å². The van der Waals surface area contributed by atoms with Crippen molar-refractivity contribution in [3.05, 3.63) is 56.7 Å². The van der Waals surface area contributed by atoms with Crippen molar-refractivity contribution in [3.8, 4) is 6.07 Å². The number of amides is 2. The Hall–Kier alpha value is -2.07. The molecule has 2 aromatic rings. The van der Waals surface area contributed by atoms with E-state index in [1.807, 2.05) is 50.2 Å². The van der Waals surface area contributed by atoms with Crippen LogP contribution in [0.25, 0.3) is 0 Å². The molecule has 2 amide bonds. The van der Waals surface area contributed by atoms with Crippen molar-refractivity contribution < 1.29 is 4.79 Å². The fourth-order valence-corrected chi connectivity index (χ4v) is 3.45. The monoisotopic (exact) mass is 390 g/mol. The van der Waals surface area contributed by atoms with Gasteiger partial charge >= 0.3 is 6.03 Å². The zero-order chi connectivity index (χ0) is 19.1. The summed E-state index contributed by atoms with van der Waals surface area (Å²) in [5.74, 6) is 0. The smallest absolute Gasteiger partial charge is 0.318 e. The van der Waals surface area contributed by atoms with Gasteiger partial charge in [0.15, 0.2) is 0 Å². The van der Waals surface area contributed by atoms with Crippen molar-refractivity contribution in [2.24, 2.45) is 0 Å². The van der Waals surface area contributed by atoms with Gasteiger partial charge in [-0.1, -0.05) is 23.7 Å². The van der Waals surface area contributed by atoms with Gasteiger partial charge in [-0.15, -0.1) is 11.3 Å². The van der Waals surface area contributed by atoms with E-state index in [2.05, 4.69) is 11.4 Å². The number of rotatable bonds is 7. The highest BCUT2D eigenvalue weighted by Gasteiger charge is 2.18. The third kappa shape index (κ3) is 6.03. The van der Waals surface area contributed by atoms with Gasteiger partial charge in [0.2, 0.25) is 0 Å². The lowest BCUT2D eigenvalue weighted by atomic mass is 10.1. The van der Waals surface area contributed by atoms with Gasteiger partial charge in [0, 0.05) is 24.5 Å². The number of halogens is 1. The minimum absolute atomic E-state index is 0.108. The van der Waals surface area contributed by atoms with Crippen molar-refractivity contribution in [1.82, 2.24) is 15.1 Å². The summed E-state index contributed by atoms with van der Waals surface area (Å²) in [4.78, 5) is 17.6. The van der Waals surface area contributed by atoms with E-state index in [0.29, 0.717) is 23.0 Å². The third-order valence-corrected chi connectivity index (χ3v) is 5.34. The van der Waals surface area contributed by atoms with Gasteiger partial charge in [0.05, 0.1) is 22.0 Å². The molecular weight excluding hydrogens is 368 g/mol. The first kappa shape index (κ1) is 20.2. The van der Waals surface area contributed by atoms with Crippen LogP contribution in [-0.4, -0.2) is 43.0 Å². The average molecular weight is 391 g/mol. The van der Waals surface area contributed by atoms with Crippen LogP contribution in [0.2, 0.25) is 4.34 Å². The Morgan fingerprint density at radius 2 is 1.92 bits per heavy atom. The fraction of sp³-hybridized carbons (Fsp3) is 0.368. The standard InChI is InChI=1S/C19H23ClN4OS/c1-14(17-8-9-18(20)26-17)22-19(25)24(11-10-23(2)3)13-16-6-4-15(12-21)5-7-16/h4-9,14H,10-11,13H2,1-3H3,(H,22,25). The largest absolute Gasteiger partial charge is 0.331 e. The molecule has 2 rings (SSSR count). The van der Waals surface area contributed by atoms with Gasteiger partial charge in [-0.25, -0.2) is 4.79 Å². The molecule has 1 aromatic heterocycles. The molecule has 0 bridgehead atoms. The molecule has 26 heavy (non-hydrogen) atoms. The van der Waals surface area contributed by atoms with E-state index in [4.69, 9.17) is 16.9 Å². The van der Waals surface area contributed by atoms with E-state index < -0.39 is 0 Å². The molecule has 0 radical (unpaired) electrons. The van der Waals surface area contributed by atoms with Crippen molar-refractivity contribution in [1.29, 1.82) is 5.26 Å². The van der Waals surface area contributed by atoms with Gasteiger partial charge < -0.3 is 15.1 Å². The van der Waals surface area contributed by atoms with Crippen LogP contribution in [0, 0.1) is 11.3 Å². The number of nitrogens with zero attached hydrogens (tertiary/aromatic N) is 3. The number of hydrogen-bond acceptors (Lipinski definition) is 4. The Kier molecular flexibility index (Phi) is 7.46. The average Bonchev–Trinajstić information content (AvgIpc) is 3.05. The predicted octanol–water partition coefficient (Wildman–Crippen LogP) is 4.11. The van der Waals surface area contributed by atoms with E-state index in [-0.39, 0.29) is 12.1 Å². The lowest BCUT2D eigenvalue weighted by Crippen LogP contribution is -2.43. The second kappa shape index (κ2) is 9.58. The summed E-state index contributed by atoms with van der Waals surface area (Å²) in [6.45, 7) is 3.81. The molecule has 1 heterocycles. The van der Waals surface area contributed by atoms with Gasteiger partial charge in [-0.2, -0.15) is 5.26 Å². The summed E-state index contributed by atoms with van der Waals surface area (Å²) in [5.41, 5.74) is 1.60. The van der Waals surface area contributed by atoms with Gasteiger partial charge in [-0.05, 0) is 50.8 Å². The second-order valence-corrected chi connectivity index (χ2v) is 8.09. The Labute approximate surface area is 163 Å². The van der Waals surface area contributed by atoms with Crippen molar-refractivity contribution in [3.63, 3.8) is 0 Å². The molecule has 0 spiro atoms. The maximum absolute atomic E-state index is 12.8. The molecule has 0 aliphatic rings. The molecule has 1 unspecified atom stereocenters. The molecule has 5 nitrogen and oxygen atoms in total. The molecule has 138 valence electrons. The van der Waals surface area contributed by atoms with Crippen LogP contribution >= 0.6 is 22.9 Å². The van der Waals surface area contributed by atoms with E-state index in [0.717, 1.165) is 17.0 Å². The van der Waals surface area contributed by atoms with Crippen LogP contribution in [0.15, 0.2) is 36.4 Å². The lowest BCUT2D eigenvalue weighted by Gasteiger charge is -2.26. The van der Waals surface area contributed by atoms with Crippen LogP contribution in [0.4, 0.5) is 4.79 Å². The highest BCUT2D eigenvalue weighted by molar-refractivity contribution is 7.16. The van der Waals surface area contributed by atoms with E-state index in [1.165, 1.54) is 11.3 Å². The number of urea groups is 1. The fourth-order valence-electron chi connectivity index (χ4n) is 2.39. The predicted molar refractivity (Wildman–Crippen MR) is 106 cm³/mol. The number of hydrogen-bond donors (Lipinski definition) is 1. The van der Waals surface area contributed by atoms with E-state index in [9.17, 15) is 4.79 Å². The van der Waals surface area contributed by atoms with Crippen LogP contribution < -0.4 is 5.32 Å². The molecule has 0 fully saturated rings. The molecule has 1 aromatic carbocycles. The summed E-state index contributed by atoms with van der Waals surface area (Å²) >= 11 is 7.46. The Bertz CT molecular complexity index is 767. The topological polar surface area (TPSA) is 59.4 Å². The summed E-state index contributed by atoms with van der Waals surface area (Å²) in [7, 11) is 3.96. The first-order chi connectivity index (χ1) is 12.4. The Balaban J connectivity index is 2.06. The zero-order valence-electron chi connectivity index (χ0n) is 15.2. The quantitative estimate of drug-likeness (QED) is 0.773. The normalized spacial score (nSPS) is 11.8. The van der Waals surface area contributed by atoms with Gasteiger partial charge in [0.25, 0.3) is 0 Å². The molecule has 0 saturated carbocycles. The Morgan fingerprint density at radius 1 is 1.23 bits per heavy atom. The first-order valence-corrected chi connectivity index (χ1v) is 9.53. The summed E-state index contributed by atoms with van der Waals surface area (Å²) in [6.07, 6.45) is 0. The number of nitriles is 1. The van der Waals surface area contributed by atoms with Crippen LogP contribution in [0.3, 0.4) is 0 Å². The number of benzene rings is 1. The highest BCUT2D eigenvalue weighted by atomic mass is 35.5. The molecule has 0 saturated heterocycles. The zero-order valence-corrected chi connectivity index (χ0v) is 16.8. The van der Waals surface area contributed by atoms with Crippen molar-refractivity contribution >= 4 is 29.0 Å². The molecule has 0 aliphatic heterocycles. The third-order valence-electron chi connectivity index (χ3n) is 3.92. The van der Waals surface area contributed by atoms with Crippen LogP contribution in [-0.2, 0) is 6.54 Å². The number of nitrogens with one attached hydrogen (secondary N) is 1. The molecule has 1 atom stereocenters. The van der Waals surface area contributed by atoms with Crippen molar-refractivity contribution in [2.45, 2.75) is 19.5 Å². The number of carbonyl (C=O) groups excluding carboxylic acids is 1. The van der Waals surface area contributed by atoms with Crippen molar-refractivity contribution in [2.75, 3.05) is 27.2 Å². The second-order valence-electron chi connectivity index (χ2n) is 6.35. The maximum Gasteiger partial charge on any atom is 0.318 e. The lowest BCUT2D eigenvalue weighted by molar-refractivity contribution is 0.186. The minimum Gasteiger partial charge on any atom is -0.331 e. The van der Waals surface area contributed by atoms with E-state index >= 15 is 0 Å². The molecular formula is C19H23ClN4OS. The molecule has 1 N–H and O–H groups in total. The Morgan fingerprint density at radius 3 is 2.46 bits per heavy atom. The first-order valence-electron chi connectivity index (χ1n) is 8.33. The number of carbonyl (C=O) groups is 1. The SMILES string of the molecule is CC(NC(=O)N(CCN(C)C)Cc1ccc(C#N)cc1)c1ccc(Cl)s1. The molecule has 7 heteroatoms. The summed E-state index contributed by atoms with van der Waals surface area (Å²) in [5, 5.41) is 12.0. The van der Waals surface area contributed by atoms with E-state index in [1.54, 1.807) is 17.0 Å². The summed E-state index contributed by atoms with van der Waals surface area (Å²) in [6, 6.07) is 13.0. The van der Waals surface area contributed by atoms with Crippen LogP contribution in [0.1, 0.15) is 29.0 Å². The highest BCUT2D eigenvalue weighted by Crippen LogP contribution is 2.26.